The Balaban J connectivity index is 2.01. The molecule has 1 saturated heterocycles. The molecule has 0 aromatic rings. The lowest BCUT2D eigenvalue weighted by molar-refractivity contribution is -0.122. The molecule has 0 radical (unpaired) electrons. The van der Waals surface area contributed by atoms with Crippen LogP contribution in [0.5, 0.6) is 0 Å². The summed E-state index contributed by atoms with van der Waals surface area (Å²) >= 11 is 0. The standard InChI is InChI=1S/C14H28N2O/c1-3-4-5-6-7-8-9-13(17)16-14(2)10-11-15-12-14/h15H,3-12H2,1-2H3,(H,16,17). The zero-order valence-electron chi connectivity index (χ0n) is 11.5. The summed E-state index contributed by atoms with van der Waals surface area (Å²) in [5, 5.41) is 6.45. The van der Waals surface area contributed by atoms with Crippen molar-refractivity contribution in [1.29, 1.82) is 0 Å². The first-order valence-corrected chi connectivity index (χ1v) is 7.18. The van der Waals surface area contributed by atoms with Crippen LogP contribution in [0.25, 0.3) is 0 Å². The Bertz CT molecular complexity index is 222. The third kappa shape index (κ3) is 6.06. The third-order valence-electron chi connectivity index (χ3n) is 3.57. The van der Waals surface area contributed by atoms with Gasteiger partial charge in [0.15, 0.2) is 0 Å². The molecule has 0 aliphatic carbocycles. The van der Waals surface area contributed by atoms with Crippen molar-refractivity contribution in [3.05, 3.63) is 0 Å². The fourth-order valence-corrected chi connectivity index (χ4v) is 2.39. The predicted molar refractivity (Wildman–Crippen MR) is 72.0 cm³/mol. The van der Waals surface area contributed by atoms with E-state index in [0.717, 1.165) is 25.9 Å². The lowest BCUT2D eigenvalue weighted by Gasteiger charge is -2.24. The number of amides is 1. The van der Waals surface area contributed by atoms with E-state index in [2.05, 4.69) is 24.5 Å². The van der Waals surface area contributed by atoms with Crippen LogP contribution < -0.4 is 10.6 Å². The van der Waals surface area contributed by atoms with Crippen molar-refractivity contribution in [1.82, 2.24) is 10.6 Å². The van der Waals surface area contributed by atoms with Gasteiger partial charge in [0.05, 0.1) is 5.54 Å². The largest absolute Gasteiger partial charge is 0.350 e. The Morgan fingerprint density at radius 3 is 2.59 bits per heavy atom. The van der Waals surface area contributed by atoms with Crippen LogP contribution in [0.15, 0.2) is 0 Å². The van der Waals surface area contributed by atoms with E-state index in [1.165, 1.54) is 32.1 Å². The molecule has 0 aromatic carbocycles. The molecular formula is C14H28N2O. The van der Waals surface area contributed by atoms with E-state index in [-0.39, 0.29) is 11.4 Å². The summed E-state index contributed by atoms with van der Waals surface area (Å²) in [5.74, 6) is 0.228. The number of hydrogen-bond donors (Lipinski definition) is 2. The topological polar surface area (TPSA) is 41.1 Å². The molecule has 0 bridgehead atoms. The van der Waals surface area contributed by atoms with Gasteiger partial charge >= 0.3 is 0 Å². The van der Waals surface area contributed by atoms with Crippen molar-refractivity contribution in [2.24, 2.45) is 0 Å². The first-order valence-electron chi connectivity index (χ1n) is 7.18. The van der Waals surface area contributed by atoms with Gasteiger partial charge in [-0.3, -0.25) is 4.79 Å². The Morgan fingerprint density at radius 1 is 1.24 bits per heavy atom. The molecule has 1 rings (SSSR count). The minimum Gasteiger partial charge on any atom is -0.350 e. The molecule has 3 heteroatoms. The number of rotatable bonds is 8. The van der Waals surface area contributed by atoms with Crippen LogP contribution in [-0.4, -0.2) is 24.5 Å². The number of carbonyl (C=O) groups is 1. The summed E-state index contributed by atoms with van der Waals surface area (Å²) < 4.78 is 0. The van der Waals surface area contributed by atoms with E-state index in [1.807, 2.05) is 0 Å². The van der Waals surface area contributed by atoms with Crippen LogP contribution in [0.2, 0.25) is 0 Å². The fraction of sp³-hybridized carbons (Fsp3) is 0.929. The van der Waals surface area contributed by atoms with Crippen LogP contribution in [0.4, 0.5) is 0 Å². The van der Waals surface area contributed by atoms with Crippen LogP contribution in [0, 0.1) is 0 Å². The summed E-state index contributed by atoms with van der Waals surface area (Å²) in [6.07, 6.45) is 9.19. The first-order chi connectivity index (χ1) is 8.16. The molecule has 0 saturated carbocycles. The van der Waals surface area contributed by atoms with Crippen molar-refractivity contribution < 1.29 is 4.79 Å². The Hall–Kier alpha value is -0.570. The van der Waals surface area contributed by atoms with Crippen molar-refractivity contribution in [3.63, 3.8) is 0 Å². The molecule has 1 amide bonds. The Morgan fingerprint density at radius 2 is 1.94 bits per heavy atom. The van der Waals surface area contributed by atoms with Gasteiger partial charge in [0.25, 0.3) is 0 Å². The molecule has 1 atom stereocenters. The maximum atomic E-state index is 11.8. The second-order valence-corrected chi connectivity index (χ2v) is 5.55. The minimum absolute atomic E-state index is 0.000700. The van der Waals surface area contributed by atoms with E-state index < -0.39 is 0 Å². The van der Waals surface area contributed by atoms with E-state index in [1.54, 1.807) is 0 Å². The molecule has 1 heterocycles. The van der Waals surface area contributed by atoms with Crippen LogP contribution in [-0.2, 0) is 4.79 Å². The highest BCUT2D eigenvalue weighted by molar-refractivity contribution is 5.76. The van der Waals surface area contributed by atoms with Crippen LogP contribution in [0.1, 0.15) is 65.2 Å². The summed E-state index contributed by atoms with van der Waals surface area (Å²) in [4.78, 5) is 11.8. The molecule has 0 aromatic heterocycles. The Labute approximate surface area is 106 Å². The molecule has 2 N–H and O–H groups in total. The fourth-order valence-electron chi connectivity index (χ4n) is 2.39. The number of nitrogens with one attached hydrogen (secondary N) is 2. The SMILES string of the molecule is CCCCCCCCC(=O)NC1(C)CCNC1. The molecule has 1 fully saturated rings. The van der Waals surface area contributed by atoms with Crippen molar-refractivity contribution in [2.45, 2.75) is 70.8 Å². The van der Waals surface area contributed by atoms with Crippen molar-refractivity contribution in [2.75, 3.05) is 13.1 Å². The van der Waals surface area contributed by atoms with Crippen LogP contribution in [0.3, 0.4) is 0 Å². The monoisotopic (exact) mass is 240 g/mol. The van der Waals surface area contributed by atoms with Gasteiger partial charge in [-0.25, -0.2) is 0 Å². The van der Waals surface area contributed by atoms with Crippen molar-refractivity contribution in [3.8, 4) is 0 Å². The maximum absolute atomic E-state index is 11.8. The molecule has 1 aliphatic rings. The quantitative estimate of drug-likeness (QED) is 0.640. The summed E-state index contributed by atoms with van der Waals surface area (Å²) in [5.41, 5.74) is -0.000700. The van der Waals surface area contributed by atoms with E-state index in [0.29, 0.717) is 6.42 Å². The van der Waals surface area contributed by atoms with Gasteiger partial charge in [-0.2, -0.15) is 0 Å². The highest BCUT2D eigenvalue weighted by Crippen LogP contribution is 2.14. The predicted octanol–water partition coefficient (Wildman–Crippen LogP) is 2.61. The van der Waals surface area contributed by atoms with Gasteiger partial charge in [-0.1, -0.05) is 39.0 Å². The summed E-state index contributed by atoms with van der Waals surface area (Å²) in [6, 6.07) is 0. The highest BCUT2D eigenvalue weighted by Gasteiger charge is 2.29. The summed E-state index contributed by atoms with van der Waals surface area (Å²) in [7, 11) is 0. The van der Waals surface area contributed by atoms with Gasteiger partial charge in [0.1, 0.15) is 0 Å². The molecule has 3 nitrogen and oxygen atoms in total. The number of carbonyl (C=O) groups excluding carboxylic acids is 1. The zero-order valence-corrected chi connectivity index (χ0v) is 11.5. The lowest BCUT2D eigenvalue weighted by atomic mass is 10.0. The van der Waals surface area contributed by atoms with Gasteiger partial charge < -0.3 is 10.6 Å². The molecule has 1 aliphatic heterocycles. The molecule has 1 unspecified atom stereocenters. The van der Waals surface area contributed by atoms with Gasteiger partial charge in [-0.05, 0) is 26.3 Å². The molecule has 17 heavy (non-hydrogen) atoms. The Kier molecular flexibility index (Phi) is 6.56. The average Bonchev–Trinajstić information content (AvgIpc) is 2.70. The number of unbranched alkanes of at least 4 members (excludes halogenated alkanes) is 5. The van der Waals surface area contributed by atoms with E-state index in [4.69, 9.17) is 0 Å². The highest BCUT2D eigenvalue weighted by atomic mass is 16.1. The third-order valence-corrected chi connectivity index (χ3v) is 3.57. The van der Waals surface area contributed by atoms with Gasteiger partial charge in [0, 0.05) is 13.0 Å². The maximum Gasteiger partial charge on any atom is 0.220 e. The lowest BCUT2D eigenvalue weighted by Crippen LogP contribution is -2.47. The molecule has 100 valence electrons. The summed E-state index contributed by atoms with van der Waals surface area (Å²) in [6.45, 7) is 6.29. The van der Waals surface area contributed by atoms with E-state index in [9.17, 15) is 4.79 Å². The average molecular weight is 240 g/mol. The van der Waals surface area contributed by atoms with E-state index >= 15 is 0 Å². The van der Waals surface area contributed by atoms with Crippen LogP contribution >= 0.6 is 0 Å². The first kappa shape index (κ1) is 14.5. The van der Waals surface area contributed by atoms with Gasteiger partial charge in [0.2, 0.25) is 5.91 Å². The molecular weight excluding hydrogens is 212 g/mol. The normalized spacial score (nSPS) is 23.9. The number of hydrogen-bond acceptors (Lipinski definition) is 2. The zero-order chi connectivity index (χ0) is 12.6. The van der Waals surface area contributed by atoms with Gasteiger partial charge in [-0.15, -0.1) is 0 Å². The second-order valence-electron chi connectivity index (χ2n) is 5.55. The second kappa shape index (κ2) is 7.70. The smallest absolute Gasteiger partial charge is 0.220 e. The van der Waals surface area contributed by atoms with Crippen molar-refractivity contribution >= 4 is 5.91 Å². The molecule has 0 spiro atoms. The minimum atomic E-state index is -0.000700.